The first-order valence-corrected chi connectivity index (χ1v) is 11.0. The molecule has 8 heteroatoms. The van der Waals surface area contributed by atoms with Crippen molar-refractivity contribution in [3.63, 3.8) is 0 Å². The number of pyridine rings is 1. The van der Waals surface area contributed by atoms with Crippen molar-refractivity contribution >= 4 is 15.7 Å². The van der Waals surface area contributed by atoms with Crippen LogP contribution in [0.5, 0.6) is 5.75 Å². The van der Waals surface area contributed by atoms with Crippen LogP contribution in [0.25, 0.3) is 5.65 Å². The van der Waals surface area contributed by atoms with Gasteiger partial charge in [0.1, 0.15) is 12.1 Å². The second kappa shape index (κ2) is 6.56. The zero-order chi connectivity index (χ0) is 19.3. The van der Waals surface area contributed by atoms with Gasteiger partial charge in [-0.25, -0.2) is 17.9 Å². The molecular weight excluding hydrogens is 376 g/mol. The molecule has 7 nitrogen and oxygen atoms in total. The molecule has 0 unspecified atom stereocenters. The SMILES string of the molecule is Cc1cn2ncnc2cc1C1CCN(S(=O)(=O)c2ccc3c(c2)CCO3)CC1. The van der Waals surface area contributed by atoms with Crippen LogP contribution in [0.1, 0.15) is 35.4 Å². The van der Waals surface area contributed by atoms with Crippen molar-refractivity contribution in [2.24, 2.45) is 0 Å². The number of sulfonamides is 1. The Morgan fingerprint density at radius 1 is 1.18 bits per heavy atom. The lowest BCUT2D eigenvalue weighted by molar-refractivity contribution is 0.319. The van der Waals surface area contributed by atoms with Crippen LogP contribution in [0, 0.1) is 6.92 Å². The number of aryl methyl sites for hydroxylation is 1. The summed E-state index contributed by atoms with van der Waals surface area (Å²) in [5.41, 5.74) is 4.22. The van der Waals surface area contributed by atoms with E-state index < -0.39 is 10.0 Å². The van der Waals surface area contributed by atoms with Gasteiger partial charge in [-0.1, -0.05) is 0 Å². The molecule has 0 N–H and O–H groups in total. The number of hydrogen-bond acceptors (Lipinski definition) is 5. The van der Waals surface area contributed by atoms with E-state index in [1.54, 1.807) is 33.3 Å². The maximum Gasteiger partial charge on any atom is 0.243 e. The van der Waals surface area contributed by atoms with E-state index in [4.69, 9.17) is 4.74 Å². The molecule has 0 atom stereocenters. The molecule has 1 fully saturated rings. The molecule has 0 spiro atoms. The summed E-state index contributed by atoms with van der Waals surface area (Å²) in [4.78, 5) is 4.64. The largest absolute Gasteiger partial charge is 0.493 e. The molecule has 2 aliphatic heterocycles. The Morgan fingerprint density at radius 2 is 2.00 bits per heavy atom. The minimum absolute atomic E-state index is 0.335. The predicted octanol–water partition coefficient (Wildman–Crippen LogP) is 2.54. The quantitative estimate of drug-likeness (QED) is 0.678. The topological polar surface area (TPSA) is 76.8 Å². The normalized spacial score (nSPS) is 18.3. The summed E-state index contributed by atoms with van der Waals surface area (Å²) in [5.74, 6) is 1.14. The Hall–Kier alpha value is -2.45. The van der Waals surface area contributed by atoms with Crippen LogP contribution >= 0.6 is 0 Å². The van der Waals surface area contributed by atoms with Gasteiger partial charge in [0.05, 0.1) is 11.5 Å². The van der Waals surface area contributed by atoms with Crippen LogP contribution in [-0.2, 0) is 16.4 Å². The van der Waals surface area contributed by atoms with Crippen molar-refractivity contribution in [1.82, 2.24) is 18.9 Å². The fourth-order valence-corrected chi connectivity index (χ4v) is 5.81. The summed E-state index contributed by atoms with van der Waals surface area (Å²) >= 11 is 0. The zero-order valence-corrected chi connectivity index (χ0v) is 16.5. The third kappa shape index (κ3) is 2.87. The molecule has 5 rings (SSSR count). The van der Waals surface area contributed by atoms with Gasteiger partial charge in [-0.2, -0.15) is 9.40 Å². The van der Waals surface area contributed by atoms with E-state index in [2.05, 4.69) is 23.1 Å². The molecule has 1 aromatic carbocycles. The lowest BCUT2D eigenvalue weighted by Crippen LogP contribution is -2.38. The maximum atomic E-state index is 13.1. The molecule has 3 aromatic rings. The molecule has 1 saturated heterocycles. The van der Waals surface area contributed by atoms with Crippen molar-refractivity contribution in [1.29, 1.82) is 0 Å². The average Bonchev–Trinajstić information content (AvgIpc) is 3.35. The van der Waals surface area contributed by atoms with E-state index in [0.29, 0.717) is 30.5 Å². The standard InChI is InChI=1S/C20H22N4O3S/c1-14-12-24-20(21-13-22-24)11-18(14)15-4-7-23(8-5-15)28(25,26)17-2-3-19-16(10-17)6-9-27-19/h2-3,10-13,15H,4-9H2,1H3. The number of fused-ring (bicyclic) bond motifs is 2. The third-order valence-electron chi connectivity index (χ3n) is 5.85. The van der Waals surface area contributed by atoms with Gasteiger partial charge >= 0.3 is 0 Å². The van der Waals surface area contributed by atoms with Gasteiger partial charge in [0.15, 0.2) is 5.65 Å². The molecule has 0 bridgehead atoms. The Bertz CT molecular complexity index is 1150. The van der Waals surface area contributed by atoms with Crippen LogP contribution in [0.15, 0.2) is 41.7 Å². The Morgan fingerprint density at radius 3 is 2.82 bits per heavy atom. The lowest BCUT2D eigenvalue weighted by atomic mass is 9.88. The van der Waals surface area contributed by atoms with E-state index in [0.717, 1.165) is 41.8 Å². The summed E-state index contributed by atoms with van der Waals surface area (Å²) in [6.07, 6.45) is 5.92. The van der Waals surface area contributed by atoms with Crippen LogP contribution in [0.2, 0.25) is 0 Å². The molecule has 2 aliphatic rings. The van der Waals surface area contributed by atoms with Gasteiger partial charge in [0.25, 0.3) is 0 Å². The summed E-state index contributed by atoms with van der Waals surface area (Å²) in [6.45, 7) is 3.75. The van der Waals surface area contributed by atoms with Crippen molar-refractivity contribution < 1.29 is 13.2 Å². The number of nitrogens with zero attached hydrogens (tertiary/aromatic N) is 4. The van der Waals surface area contributed by atoms with Gasteiger partial charge in [-0.15, -0.1) is 0 Å². The molecule has 0 radical (unpaired) electrons. The fourth-order valence-electron chi connectivity index (χ4n) is 4.29. The highest BCUT2D eigenvalue weighted by atomic mass is 32.2. The number of ether oxygens (including phenoxy) is 1. The first-order chi connectivity index (χ1) is 13.5. The first-order valence-electron chi connectivity index (χ1n) is 9.58. The number of hydrogen-bond donors (Lipinski definition) is 0. The number of rotatable bonds is 3. The molecule has 146 valence electrons. The number of benzene rings is 1. The first kappa shape index (κ1) is 17.6. The Labute approximate surface area is 164 Å². The third-order valence-corrected chi connectivity index (χ3v) is 7.74. The summed E-state index contributed by atoms with van der Waals surface area (Å²) in [7, 11) is -3.47. The molecule has 28 heavy (non-hydrogen) atoms. The van der Waals surface area contributed by atoms with Crippen LogP contribution in [-0.4, -0.2) is 47.0 Å². The van der Waals surface area contributed by atoms with E-state index in [-0.39, 0.29) is 0 Å². The molecule has 2 aromatic heterocycles. The minimum Gasteiger partial charge on any atom is -0.493 e. The van der Waals surface area contributed by atoms with Gasteiger partial charge in [-0.05, 0) is 66.6 Å². The predicted molar refractivity (Wildman–Crippen MR) is 104 cm³/mol. The van der Waals surface area contributed by atoms with Gasteiger partial charge in [0, 0.05) is 25.7 Å². The molecule has 0 amide bonds. The van der Waals surface area contributed by atoms with Crippen LogP contribution in [0.3, 0.4) is 0 Å². The summed E-state index contributed by atoms with van der Waals surface area (Å²) < 4.78 is 35.1. The van der Waals surface area contributed by atoms with Crippen LogP contribution < -0.4 is 4.74 Å². The minimum atomic E-state index is -3.47. The molecule has 0 saturated carbocycles. The van der Waals surface area contributed by atoms with Gasteiger partial charge < -0.3 is 4.74 Å². The highest BCUT2D eigenvalue weighted by Crippen LogP contribution is 2.34. The van der Waals surface area contributed by atoms with E-state index in [1.807, 2.05) is 6.20 Å². The second-order valence-electron chi connectivity index (χ2n) is 7.52. The van der Waals surface area contributed by atoms with Crippen molar-refractivity contribution in [2.75, 3.05) is 19.7 Å². The number of piperidine rings is 1. The average molecular weight is 398 g/mol. The molecule has 0 aliphatic carbocycles. The molecule has 4 heterocycles. The highest BCUT2D eigenvalue weighted by Gasteiger charge is 2.31. The van der Waals surface area contributed by atoms with Crippen LogP contribution in [0.4, 0.5) is 0 Å². The monoisotopic (exact) mass is 398 g/mol. The van der Waals surface area contributed by atoms with Gasteiger partial charge in [0.2, 0.25) is 10.0 Å². The number of aromatic nitrogens is 3. The summed E-state index contributed by atoms with van der Waals surface area (Å²) in [5, 5.41) is 4.18. The highest BCUT2D eigenvalue weighted by molar-refractivity contribution is 7.89. The fraction of sp³-hybridized carbons (Fsp3) is 0.400. The smallest absolute Gasteiger partial charge is 0.243 e. The zero-order valence-electron chi connectivity index (χ0n) is 15.7. The van der Waals surface area contributed by atoms with Crippen molar-refractivity contribution in [3.05, 3.63) is 53.5 Å². The van der Waals surface area contributed by atoms with E-state index in [9.17, 15) is 8.42 Å². The molecular formula is C20H22N4O3S. The van der Waals surface area contributed by atoms with Crippen molar-refractivity contribution in [2.45, 2.75) is 37.0 Å². The van der Waals surface area contributed by atoms with E-state index >= 15 is 0 Å². The Kier molecular flexibility index (Phi) is 4.13. The van der Waals surface area contributed by atoms with Gasteiger partial charge in [-0.3, -0.25) is 0 Å². The van der Waals surface area contributed by atoms with Crippen molar-refractivity contribution in [3.8, 4) is 5.75 Å². The van der Waals surface area contributed by atoms with E-state index in [1.165, 1.54) is 5.56 Å². The maximum absolute atomic E-state index is 13.1. The second-order valence-corrected chi connectivity index (χ2v) is 9.46. The Balaban J connectivity index is 1.35. The lowest BCUT2D eigenvalue weighted by Gasteiger charge is -2.32. The summed E-state index contributed by atoms with van der Waals surface area (Å²) in [6, 6.07) is 7.29.